The molecule has 0 bridgehead atoms. The number of nitriles is 3. The van der Waals surface area contributed by atoms with Crippen molar-refractivity contribution in [2.24, 2.45) is 0 Å². The summed E-state index contributed by atoms with van der Waals surface area (Å²) < 4.78 is 3.40. The number of pyridine rings is 2. The fraction of sp³-hybridized carbons (Fsp3) is 0.184. The van der Waals surface area contributed by atoms with Crippen molar-refractivity contribution in [3.63, 3.8) is 0 Å². The highest BCUT2D eigenvalue weighted by molar-refractivity contribution is 6.27. The zero-order valence-corrected chi connectivity index (χ0v) is 31.7. The molecular weight excluding hydrogens is 859 g/mol. The molecule has 0 atom stereocenters. The van der Waals surface area contributed by atoms with Crippen LogP contribution in [0.1, 0.15) is 30.4 Å². The molecule has 6 N–H and O–H groups in total. The zero-order chi connectivity index (χ0) is 41.5. The van der Waals surface area contributed by atoms with Gasteiger partial charge < -0.3 is 59.5 Å². The third-order valence-electron chi connectivity index (χ3n) is 7.87. The molecule has 3 aromatic rings. The van der Waals surface area contributed by atoms with Crippen molar-refractivity contribution >= 4 is 29.3 Å². The Bertz CT molecular complexity index is 2360. The molecule has 2 aliphatic rings. The summed E-state index contributed by atoms with van der Waals surface area (Å²) in [6.07, 6.45) is 13.3. The van der Waals surface area contributed by atoms with Gasteiger partial charge in [0, 0.05) is 48.8 Å². The minimum Gasteiger partial charge on any atom is -1.00 e. The maximum absolute atomic E-state index is 12.9. The molecule has 1 aromatic carbocycles. The largest absolute Gasteiger partial charge is 1.00 e. The van der Waals surface area contributed by atoms with Crippen LogP contribution in [0, 0.1) is 34.0 Å². The lowest BCUT2D eigenvalue weighted by molar-refractivity contribution is -0.696. The Morgan fingerprint density at radius 3 is 1.53 bits per heavy atom. The maximum Gasteiger partial charge on any atom is 0.309 e. The van der Waals surface area contributed by atoms with Gasteiger partial charge in [-0.05, 0) is 23.3 Å². The average molecular weight is 892 g/mol. The molecular formula is C38H32IN6O12+. The lowest BCUT2D eigenvalue weighted by atomic mass is 9.78. The van der Waals surface area contributed by atoms with E-state index in [0.717, 1.165) is 5.56 Å². The molecule has 0 spiro atoms. The number of hydrogen-bond acceptors (Lipinski definition) is 13. The number of carbonyl (C=O) groups excluding carboxylic acids is 1. The first-order valence-corrected chi connectivity index (χ1v) is 16.2. The van der Waals surface area contributed by atoms with Crippen molar-refractivity contribution in [1.82, 2.24) is 4.90 Å². The number of Topliss-reactive ketones (excluding diaryl/α,β-unsaturated/α-hetero) is 1. The Morgan fingerprint density at radius 1 is 0.684 bits per heavy atom. The van der Waals surface area contributed by atoms with Crippen molar-refractivity contribution < 1.29 is 82.9 Å². The molecule has 5 rings (SSSR count). The number of allylic oxidation sites excluding steroid dienone is 7. The third-order valence-corrected chi connectivity index (χ3v) is 7.87. The van der Waals surface area contributed by atoms with Crippen LogP contribution in [-0.2, 0) is 38.7 Å². The number of aliphatic hydroxyl groups is 1. The van der Waals surface area contributed by atoms with Crippen LogP contribution < -0.4 is 44.0 Å². The van der Waals surface area contributed by atoms with Crippen LogP contribution in [0.4, 0.5) is 0 Å². The number of hydrogen-bond donors (Lipinski definition) is 6. The number of aromatic hydroxyl groups is 2. The molecule has 292 valence electrons. The predicted octanol–water partition coefficient (Wildman–Crippen LogP) is -2.03. The Labute approximate surface area is 340 Å². The minimum absolute atomic E-state index is 0. The predicted molar refractivity (Wildman–Crippen MR) is 189 cm³/mol. The number of carboxylic acid groups (broad SMARTS) is 3. The van der Waals surface area contributed by atoms with Crippen LogP contribution in [0.5, 0.6) is 11.5 Å². The second kappa shape index (κ2) is 21.4. The monoisotopic (exact) mass is 891 g/mol. The molecule has 3 heterocycles. The Kier molecular flexibility index (Phi) is 17.2. The molecule has 0 saturated carbocycles. The number of nitrogens with zero attached hydrogens (tertiary/aromatic N) is 6. The van der Waals surface area contributed by atoms with Crippen LogP contribution in [0.15, 0.2) is 111 Å². The number of aromatic nitrogens is 2. The molecule has 0 saturated heterocycles. The van der Waals surface area contributed by atoms with Gasteiger partial charge in [0.2, 0.25) is 17.3 Å². The molecule has 2 aromatic heterocycles. The van der Waals surface area contributed by atoms with Gasteiger partial charge in [0.1, 0.15) is 30.7 Å². The van der Waals surface area contributed by atoms with Gasteiger partial charge in [-0.1, -0.05) is 0 Å². The molecule has 1 aliphatic heterocycles. The van der Waals surface area contributed by atoms with E-state index in [0.29, 0.717) is 24.1 Å². The summed E-state index contributed by atoms with van der Waals surface area (Å²) in [6, 6.07) is 12.6. The minimum atomic E-state index is -1.01. The van der Waals surface area contributed by atoms with Gasteiger partial charge in [0.15, 0.2) is 37.9 Å². The van der Waals surface area contributed by atoms with Crippen molar-refractivity contribution in [2.75, 3.05) is 6.54 Å². The van der Waals surface area contributed by atoms with Crippen molar-refractivity contribution in [3.8, 4) is 29.7 Å². The average Bonchev–Trinajstić information content (AvgIpc) is 3.20. The van der Waals surface area contributed by atoms with Gasteiger partial charge in [0.25, 0.3) is 10.9 Å². The van der Waals surface area contributed by atoms with Crippen LogP contribution in [0.2, 0.25) is 0 Å². The van der Waals surface area contributed by atoms with Crippen LogP contribution in [0.3, 0.4) is 0 Å². The van der Waals surface area contributed by atoms with E-state index in [4.69, 9.17) is 30.8 Å². The molecule has 19 heteroatoms. The number of carboxylic acids is 3. The van der Waals surface area contributed by atoms with Crippen LogP contribution in [0.25, 0.3) is 5.57 Å². The second-order valence-electron chi connectivity index (χ2n) is 11.6. The maximum atomic E-state index is 12.9. The first kappa shape index (κ1) is 45.7. The van der Waals surface area contributed by atoms with Gasteiger partial charge in [-0.15, -0.1) is 0 Å². The Hall–Kier alpha value is -7.44. The SMILES string of the molecule is N#CC(=C1C=CN(CCC(=O)O)C=C1)C1=C(O)/C(=C(/C#N)c2cc[n+](CCC(=O)O)cc2)C1=O.N#CCc1cc[n+](CCC(=O)O)cc1.O=c1c(O)c(O)c1=O.[I-]. The normalized spacial score (nSPS) is 13.2. The molecule has 0 amide bonds. The quantitative estimate of drug-likeness (QED) is 0.0376. The molecule has 0 fully saturated rings. The van der Waals surface area contributed by atoms with E-state index in [9.17, 15) is 44.4 Å². The fourth-order valence-electron chi connectivity index (χ4n) is 4.83. The van der Waals surface area contributed by atoms with Crippen LogP contribution in [-0.4, -0.2) is 65.8 Å². The number of rotatable bonds is 12. The topological polar surface area (TPSA) is 306 Å². The van der Waals surface area contributed by atoms with E-state index in [1.165, 1.54) is 24.3 Å². The molecule has 18 nitrogen and oxygen atoms in total. The van der Waals surface area contributed by atoms with Crippen molar-refractivity contribution in [3.05, 3.63) is 133 Å². The number of halogens is 1. The molecule has 0 radical (unpaired) electrons. The number of aliphatic carboxylic acids is 3. The number of aliphatic hydroxyl groups excluding tert-OH is 1. The van der Waals surface area contributed by atoms with Gasteiger partial charge in [-0.2, -0.15) is 15.8 Å². The summed E-state index contributed by atoms with van der Waals surface area (Å²) in [5.74, 6) is -5.45. The zero-order valence-electron chi connectivity index (χ0n) is 29.6. The highest BCUT2D eigenvalue weighted by Gasteiger charge is 2.40. The van der Waals surface area contributed by atoms with E-state index in [2.05, 4.69) is 6.07 Å². The number of aryl methyl sites for hydroxylation is 2. The summed E-state index contributed by atoms with van der Waals surface area (Å²) in [7, 11) is 0. The van der Waals surface area contributed by atoms with E-state index >= 15 is 0 Å². The van der Waals surface area contributed by atoms with Crippen molar-refractivity contribution in [2.45, 2.75) is 38.8 Å². The first-order chi connectivity index (χ1) is 26.6. The highest BCUT2D eigenvalue weighted by atomic mass is 127. The van der Waals surface area contributed by atoms with E-state index < -0.39 is 51.8 Å². The Morgan fingerprint density at radius 2 is 1.14 bits per heavy atom. The fourth-order valence-corrected chi connectivity index (χ4v) is 4.83. The molecule has 57 heavy (non-hydrogen) atoms. The lowest BCUT2D eigenvalue weighted by Crippen LogP contribution is -3.00. The second-order valence-corrected chi connectivity index (χ2v) is 11.6. The van der Waals surface area contributed by atoms with Gasteiger partial charge in [-0.25, -0.2) is 9.13 Å². The van der Waals surface area contributed by atoms with Crippen LogP contribution >= 0.6 is 0 Å². The van der Waals surface area contributed by atoms with Gasteiger partial charge in [-0.3, -0.25) is 28.8 Å². The summed E-state index contributed by atoms with van der Waals surface area (Å²) in [6.45, 7) is 0.925. The lowest BCUT2D eigenvalue weighted by Gasteiger charge is -2.24. The van der Waals surface area contributed by atoms with Crippen molar-refractivity contribution in [1.29, 1.82) is 15.8 Å². The summed E-state index contributed by atoms with van der Waals surface area (Å²) >= 11 is 0. The summed E-state index contributed by atoms with van der Waals surface area (Å²) in [5.41, 5.74) is -0.866. The summed E-state index contributed by atoms with van der Waals surface area (Å²) in [4.78, 5) is 66.1. The smallest absolute Gasteiger partial charge is 0.309 e. The number of ketones is 1. The van der Waals surface area contributed by atoms with Gasteiger partial charge in [0.05, 0.1) is 41.2 Å². The Balaban J connectivity index is 0.000000397. The number of carbonyl (C=O) groups is 4. The molecule has 0 unspecified atom stereocenters. The summed E-state index contributed by atoms with van der Waals surface area (Å²) in [5, 5.41) is 80.7. The van der Waals surface area contributed by atoms with E-state index in [1.54, 1.807) is 51.2 Å². The third kappa shape index (κ3) is 12.3. The van der Waals surface area contributed by atoms with E-state index in [1.807, 2.05) is 24.3 Å². The van der Waals surface area contributed by atoms with E-state index in [-0.39, 0.29) is 78.6 Å². The highest BCUT2D eigenvalue weighted by Crippen LogP contribution is 2.39. The van der Waals surface area contributed by atoms with Gasteiger partial charge >= 0.3 is 17.9 Å². The first-order valence-electron chi connectivity index (χ1n) is 16.2. The molecule has 1 aliphatic carbocycles. The standard InChI is InChI=1S/C24H18N4O6.C10H10N2O2.C4H2O4.HI/c25-13-17(15-1-7-27(8-2-15)11-5-19(29)30)21-23(33)22(24(21)34)18(14-26)16-3-9-28(10-4-16)12-6-20(31)32;11-5-1-9-2-6-12(7-3-9)8-4-10(13)14;5-1-2(6)4(8)3(1)7;/h1-4,7-10H,5-6,11-12H2,(H2-,29,30,31,32,33,34);2-3,6-7H,1,4,8H2;5-6H;1H/p+1.